The SMILES string of the molecule is O=C1CC(C(=O)O)N(C(=O)C2CC(NC(=O)OCC3c4ccccc4-c4ccccc43)C2)N1. The Bertz CT molecular complexity index is 1100. The molecule has 9 nitrogen and oxygen atoms in total. The van der Waals surface area contributed by atoms with Gasteiger partial charge in [-0.3, -0.25) is 15.0 Å². The third kappa shape index (κ3) is 3.79. The summed E-state index contributed by atoms with van der Waals surface area (Å²) in [7, 11) is 0. The molecule has 1 atom stereocenters. The first kappa shape index (κ1) is 21.0. The molecule has 3 aliphatic rings. The number of fused-ring (bicyclic) bond motifs is 3. The number of amides is 3. The molecule has 3 N–H and O–H groups in total. The van der Waals surface area contributed by atoms with Crippen molar-refractivity contribution in [3.8, 4) is 11.1 Å². The van der Waals surface area contributed by atoms with E-state index < -0.39 is 35.8 Å². The number of alkyl carbamates (subject to hydrolysis) is 1. The van der Waals surface area contributed by atoms with E-state index in [4.69, 9.17) is 4.74 Å². The fourth-order valence-electron chi connectivity index (χ4n) is 4.87. The fourth-order valence-corrected chi connectivity index (χ4v) is 4.87. The van der Waals surface area contributed by atoms with Crippen molar-refractivity contribution in [3.63, 3.8) is 0 Å². The normalized spacial score (nSPS) is 23.2. The van der Waals surface area contributed by atoms with Crippen molar-refractivity contribution in [1.29, 1.82) is 0 Å². The van der Waals surface area contributed by atoms with E-state index in [0.717, 1.165) is 27.3 Å². The van der Waals surface area contributed by atoms with Crippen LogP contribution in [0.5, 0.6) is 0 Å². The lowest BCUT2D eigenvalue weighted by Crippen LogP contribution is -2.55. The summed E-state index contributed by atoms with van der Waals surface area (Å²) in [6.07, 6.45) is -0.0794. The Balaban J connectivity index is 1.14. The van der Waals surface area contributed by atoms with Crippen molar-refractivity contribution >= 4 is 23.9 Å². The molecule has 3 amide bonds. The molecule has 2 aliphatic carbocycles. The summed E-state index contributed by atoms with van der Waals surface area (Å²) in [5.74, 6) is -2.66. The first-order valence-electron chi connectivity index (χ1n) is 10.9. The van der Waals surface area contributed by atoms with Gasteiger partial charge in [0.25, 0.3) is 0 Å². The van der Waals surface area contributed by atoms with Gasteiger partial charge in [0.05, 0.1) is 6.42 Å². The molecule has 1 heterocycles. The lowest BCUT2D eigenvalue weighted by molar-refractivity contribution is -0.154. The Hall–Kier alpha value is -3.88. The topological polar surface area (TPSA) is 125 Å². The average molecular weight is 449 g/mol. The molecule has 0 bridgehead atoms. The Morgan fingerprint density at radius 2 is 1.64 bits per heavy atom. The highest BCUT2D eigenvalue weighted by Crippen LogP contribution is 2.44. The predicted octanol–water partition coefficient (Wildman–Crippen LogP) is 2.02. The fraction of sp³-hybridized carbons (Fsp3) is 0.333. The van der Waals surface area contributed by atoms with Crippen molar-refractivity contribution in [2.75, 3.05) is 6.61 Å². The predicted molar refractivity (Wildman–Crippen MR) is 116 cm³/mol. The summed E-state index contributed by atoms with van der Waals surface area (Å²) in [5.41, 5.74) is 6.86. The first-order chi connectivity index (χ1) is 15.9. The summed E-state index contributed by atoms with van der Waals surface area (Å²) in [6.45, 7) is 0.203. The summed E-state index contributed by atoms with van der Waals surface area (Å²) in [4.78, 5) is 47.7. The van der Waals surface area contributed by atoms with Crippen LogP contribution in [0.25, 0.3) is 11.1 Å². The van der Waals surface area contributed by atoms with Crippen LogP contribution in [0.3, 0.4) is 0 Å². The number of carbonyl (C=O) groups is 4. The first-order valence-corrected chi connectivity index (χ1v) is 10.9. The van der Waals surface area contributed by atoms with Crippen molar-refractivity contribution in [2.24, 2.45) is 5.92 Å². The van der Waals surface area contributed by atoms with Gasteiger partial charge in [-0.05, 0) is 35.1 Å². The Morgan fingerprint density at radius 1 is 1.03 bits per heavy atom. The van der Waals surface area contributed by atoms with Gasteiger partial charge in [-0.1, -0.05) is 48.5 Å². The molecule has 0 spiro atoms. The number of ether oxygens (including phenoxy) is 1. The minimum atomic E-state index is -1.23. The Morgan fingerprint density at radius 3 is 2.24 bits per heavy atom. The zero-order chi connectivity index (χ0) is 23.1. The largest absolute Gasteiger partial charge is 0.480 e. The van der Waals surface area contributed by atoms with E-state index in [9.17, 15) is 24.3 Å². The van der Waals surface area contributed by atoms with Gasteiger partial charge < -0.3 is 15.2 Å². The van der Waals surface area contributed by atoms with Crippen LogP contribution in [0.2, 0.25) is 0 Å². The number of carbonyl (C=O) groups excluding carboxylic acids is 3. The minimum absolute atomic E-state index is 0.0365. The van der Waals surface area contributed by atoms with E-state index in [1.165, 1.54) is 0 Å². The number of nitrogens with zero attached hydrogens (tertiary/aromatic N) is 1. The molecule has 9 heteroatoms. The lowest BCUT2D eigenvalue weighted by atomic mass is 9.79. The number of aliphatic carboxylic acids is 1. The zero-order valence-corrected chi connectivity index (χ0v) is 17.7. The van der Waals surface area contributed by atoms with E-state index in [1.54, 1.807) is 0 Å². The van der Waals surface area contributed by atoms with Gasteiger partial charge in [-0.25, -0.2) is 14.6 Å². The maximum Gasteiger partial charge on any atom is 0.407 e. The highest BCUT2D eigenvalue weighted by Gasteiger charge is 2.45. The van der Waals surface area contributed by atoms with Gasteiger partial charge in [0, 0.05) is 17.9 Å². The smallest absolute Gasteiger partial charge is 0.407 e. The van der Waals surface area contributed by atoms with Crippen LogP contribution in [0.4, 0.5) is 4.79 Å². The molecule has 1 saturated carbocycles. The molecule has 1 aliphatic heterocycles. The molecule has 1 unspecified atom stereocenters. The van der Waals surface area contributed by atoms with Gasteiger partial charge in [-0.2, -0.15) is 0 Å². The van der Waals surface area contributed by atoms with Crippen LogP contribution in [0.1, 0.15) is 36.3 Å². The Labute approximate surface area is 189 Å². The van der Waals surface area contributed by atoms with Crippen molar-refractivity contribution in [3.05, 3.63) is 59.7 Å². The van der Waals surface area contributed by atoms with Crippen LogP contribution in [0.15, 0.2) is 48.5 Å². The number of nitrogens with one attached hydrogen (secondary N) is 2. The van der Waals surface area contributed by atoms with Crippen LogP contribution < -0.4 is 10.7 Å². The monoisotopic (exact) mass is 449 g/mol. The summed E-state index contributed by atoms with van der Waals surface area (Å²) >= 11 is 0. The molecule has 0 radical (unpaired) electrons. The van der Waals surface area contributed by atoms with Crippen LogP contribution in [-0.4, -0.2) is 52.7 Å². The van der Waals surface area contributed by atoms with E-state index in [2.05, 4.69) is 22.9 Å². The number of benzene rings is 2. The van der Waals surface area contributed by atoms with E-state index >= 15 is 0 Å². The highest BCUT2D eigenvalue weighted by molar-refractivity contribution is 5.94. The number of rotatable bonds is 5. The molecular weight excluding hydrogens is 426 g/mol. The van der Waals surface area contributed by atoms with Gasteiger partial charge in [0.15, 0.2) is 6.04 Å². The summed E-state index contributed by atoms with van der Waals surface area (Å²) < 4.78 is 5.52. The second kappa shape index (κ2) is 8.23. The van der Waals surface area contributed by atoms with Crippen molar-refractivity contribution in [1.82, 2.24) is 15.8 Å². The van der Waals surface area contributed by atoms with E-state index in [-0.39, 0.29) is 25.0 Å². The second-order valence-corrected chi connectivity index (χ2v) is 8.64. The molecule has 2 fully saturated rings. The van der Waals surface area contributed by atoms with Crippen molar-refractivity contribution < 1.29 is 29.0 Å². The van der Waals surface area contributed by atoms with Crippen LogP contribution >= 0.6 is 0 Å². The zero-order valence-electron chi connectivity index (χ0n) is 17.7. The van der Waals surface area contributed by atoms with Crippen LogP contribution in [0, 0.1) is 5.92 Å². The number of carboxylic acids is 1. The maximum atomic E-state index is 12.6. The third-order valence-corrected chi connectivity index (χ3v) is 6.61. The Kier molecular flexibility index (Phi) is 5.24. The van der Waals surface area contributed by atoms with Crippen LogP contribution in [-0.2, 0) is 19.1 Å². The molecule has 2 aromatic rings. The average Bonchev–Trinajstić information content (AvgIpc) is 3.32. The summed E-state index contributed by atoms with van der Waals surface area (Å²) in [6, 6.07) is 14.7. The lowest BCUT2D eigenvalue weighted by Gasteiger charge is -2.37. The molecular formula is C24H23N3O6. The summed E-state index contributed by atoms with van der Waals surface area (Å²) in [5, 5.41) is 12.9. The van der Waals surface area contributed by atoms with E-state index in [1.807, 2.05) is 36.4 Å². The quantitative estimate of drug-likeness (QED) is 0.641. The number of hydrogen-bond donors (Lipinski definition) is 3. The highest BCUT2D eigenvalue weighted by atomic mass is 16.5. The third-order valence-electron chi connectivity index (χ3n) is 6.61. The maximum absolute atomic E-state index is 12.6. The van der Waals surface area contributed by atoms with Gasteiger partial charge in [-0.15, -0.1) is 0 Å². The molecule has 1 saturated heterocycles. The molecule has 33 heavy (non-hydrogen) atoms. The molecule has 170 valence electrons. The van der Waals surface area contributed by atoms with Crippen molar-refractivity contribution in [2.45, 2.75) is 37.3 Å². The number of hydrazine groups is 1. The van der Waals surface area contributed by atoms with E-state index in [0.29, 0.717) is 12.8 Å². The standard InChI is InChI=1S/C24H23N3O6/c28-21-11-20(23(30)31)27(26-21)22(29)13-9-14(10-13)25-24(32)33-12-19-17-7-3-1-5-15(17)16-6-2-4-8-18(16)19/h1-8,13-14,19-20H,9-12H2,(H,25,32)(H,26,28)(H,30,31). The molecule has 0 aromatic heterocycles. The number of hydrogen-bond acceptors (Lipinski definition) is 5. The number of carboxylic acid groups (broad SMARTS) is 1. The molecule has 2 aromatic carbocycles. The second-order valence-electron chi connectivity index (χ2n) is 8.64. The van der Waals surface area contributed by atoms with Gasteiger partial charge >= 0.3 is 12.1 Å². The molecule has 5 rings (SSSR count). The van der Waals surface area contributed by atoms with Gasteiger partial charge in [0.2, 0.25) is 11.8 Å². The van der Waals surface area contributed by atoms with Gasteiger partial charge in [0.1, 0.15) is 6.61 Å². The minimum Gasteiger partial charge on any atom is -0.480 e.